The highest BCUT2D eigenvalue weighted by molar-refractivity contribution is 9.10. The van der Waals surface area contributed by atoms with Gasteiger partial charge in [-0.05, 0) is 31.5 Å². The summed E-state index contributed by atoms with van der Waals surface area (Å²) in [6.45, 7) is 3.60. The first-order valence-corrected chi connectivity index (χ1v) is 7.06. The van der Waals surface area contributed by atoms with Crippen molar-refractivity contribution in [1.29, 1.82) is 0 Å². The van der Waals surface area contributed by atoms with Gasteiger partial charge in [-0.25, -0.2) is 0 Å². The molecule has 0 aliphatic heterocycles. The van der Waals surface area contributed by atoms with Crippen LogP contribution in [0.2, 0.25) is 0 Å². The summed E-state index contributed by atoms with van der Waals surface area (Å²) in [6.07, 6.45) is 1.41. The Morgan fingerprint density at radius 1 is 1.29 bits per heavy atom. The normalized spacial score (nSPS) is 10.3. The maximum absolute atomic E-state index is 12.3. The number of hydrogen-bond donors (Lipinski definition) is 2. The van der Waals surface area contributed by atoms with E-state index in [0.29, 0.717) is 17.1 Å². The number of benzene rings is 1. The smallest absolute Gasteiger partial charge is 0.261 e. The Morgan fingerprint density at radius 3 is 2.62 bits per heavy atom. The minimum Gasteiger partial charge on any atom is -0.495 e. The maximum atomic E-state index is 12.3. The Bertz CT molecular complexity index is 753. The highest BCUT2D eigenvalue weighted by Gasteiger charge is 2.15. The number of rotatable bonds is 3. The van der Waals surface area contributed by atoms with Gasteiger partial charge in [0.2, 0.25) is 0 Å². The summed E-state index contributed by atoms with van der Waals surface area (Å²) in [5.41, 5.74) is 1.82. The number of aromatic amines is 1. The van der Waals surface area contributed by atoms with Crippen LogP contribution in [-0.2, 0) is 0 Å². The molecule has 0 unspecified atom stereocenters. The molecular weight excluding hydrogens is 336 g/mol. The fourth-order valence-corrected chi connectivity index (χ4v) is 2.52. The Balaban J connectivity index is 2.38. The minimum absolute atomic E-state index is 0.0602. The van der Waals surface area contributed by atoms with Gasteiger partial charge in [-0.1, -0.05) is 15.9 Å². The number of hydrogen-bond acceptors (Lipinski definition) is 3. The van der Waals surface area contributed by atoms with Gasteiger partial charge in [0.1, 0.15) is 11.3 Å². The van der Waals surface area contributed by atoms with Crippen LogP contribution < -0.4 is 15.5 Å². The predicted octanol–water partition coefficient (Wildman–Crippen LogP) is 3.02. The second kappa shape index (κ2) is 6.13. The molecule has 5 nitrogen and oxygen atoms in total. The average Bonchev–Trinajstić information content (AvgIpc) is 2.41. The number of amides is 1. The molecule has 0 saturated heterocycles. The van der Waals surface area contributed by atoms with Gasteiger partial charge in [0.25, 0.3) is 5.91 Å². The Morgan fingerprint density at radius 2 is 2.00 bits per heavy atom. The second-order valence-electron chi connectivity index (χ2n) is 4.65. The van der Waals surface area contributed by atoms with Gasteiger partial charge in [-0.15, -0.1) is 0 Å². The lowest BCUT2D eigenvalue weighted by molar-refractivity contribution is 0.102. The molecule has 2 aromatic rings. The van der Waals surface area contributed by atoms with Crippen LogP contribution in [-0.4, -0.2) is 18.0 Å². The Hall–Kier alpha value is -2.08. The number of carbonyl (C=O) groups is 1. The molecule has 2 rings (SSSR count). The first kappa shape index (κ1) is 15.3. The number of methoxy groups -OCH3 is 1. The summed E-state index contributed by atoms with van der Waals surface area (Å²) in [6, 6.07) is 5.00. The van der Waals surface area contributed by atoms with Gasteiger partial charge in [0, 0.05) is 22.4 Å². The summed E-state index contributed by atoms with van der Waals surface area (Å²) < 4.78 is 6.11. The number of H-pyrrole nitrogens is 1. The molecule has 0 spiro atoms. The molecule has 0 radical (unpaired) electrons. The molecule has 0 aliphatic carbocycles. The monoisotopic (exact) mass is 350 g/mol. The first-order chi connectivity index (χ1) is 9.92. The zero-order valence-electron chi connectivity index (χ0n) is 11.9. The second-order valence-corrected chi connectivity index (χ2v) is 5.56. The number of aryl methyl sites for hydroxylation is 2. The molecule has 1 amide bonds. The van der Waals surface area contributed by atoms with E-state index in [1.165, 1.54) is 19.4 Å². The number of ether oxygens (including phenoxy) is 1. The summed E-state index contributed by atoms with van der Waals surface area (Å²) in [7, 11) is 1.52. The van der Waals surface area contributed by atoms with E-state index in [4.69, 9.17) is 4.74 Å². The van der Waals surface area contributed by atoms with E-state index in [1.54, 1.807) is 13.0 Å². The molecule has 110 valence electrons. The number of halogens is 1. The van der Waals surface area contributed by atoms with E-state index in [9.17, 15) is 9.59 Å². The van der Waals surface area contributed by atoms with Crippen molar-refractivity contribution in [3.63, 3.8) is 0 Å². The van der Waals surface area contributed by atoms with Crippen molar-refractivity contribution in [3.8, 4) is 5.75 Å². The van der Waals surface area contributed by atoms with Crippen LogP contribution in [0.15, 0.2) is 33.7 Å². The van der Waals surface area contributed by atoms with Crippen LogP contribution in [0.25, 0.3) is 0 Å². The fourth-order valence-electron chi connectivity index (χ4n) is 1.97. The number of anilines is 1. The van der Waals surface area contributed by atoms with Gasteiger partial charge >= 0.3 is 0 Å². The number of carbonyl (C=O) groups excluding carboxylic acids is 1. The zero-order valence-corrected chi connectivity index (χ0v) is 13.5. The largest absolute Gasteiger partial charge is 0.495 e. The van der Waals surface area contributed by atoms with E-state index >= 15 is 0 Å². The average molecular weight is 351 g/mol. The van der Waals surface area contributed by atoms with E-state index in [0.717, 1.165) is 10.0 Å². The van der Waals surface area contributed by atoms with E-state index in [2.05, 4.69) is 26.2 Å². The summed E-state index contributed by atoms with van der Waals surface area (Å²) in [4.78, 5) is 27.0. The molecule has 1 heterocycles. The van der Waals surface area contributed by atoms with Gasteiger partial charge in [0.05, 0.1) is 12.8 Å². The van der Waals surface area contributed by atoms with Crippen molar-refractivity contribution in [3.05, 3.63) is 55.9 Å². The minimum atomic E-state index is -0.472. The predicted molar refractivity (Wildman–Crippen MR) is 85.2 cm³/mol. The van der Waals surface area contributed by atoms with E-state index < -0.39 is 5.91 Å². The number of pyridine rings is 1. The van der Waals surface area contributed by atoms with Crippen LogP contribution in [0.3, 0.4) is 0 Å². The van der Waals surface area contributed by atoms with Gasteiger partial charge in [-0.3, -0.25) is 9.59 Å². The van der Waals surface area contributed by atoms with Crippen molar-refractivity contribution in [2.24, 2.45) is 0 Å². The van der Waals surface area contributed by atoms with Crippen LogP contribution in [0, 0.1) is 13.8 Å². The fraction of sp³-hybridized carbons (Fsp3) is 0.200. The molecule has 0 aliphatic rings. The molecule has 6 heteroatoms. The molecule has 1 aromatic carbocycles. The summed E-state index contributed by atoms with van der Waals surface area (Å²) >= 11 is 3.37. The third-order valence-corrected chi connectivity index (χ3v) is 3.48. The molecule has 0 saturated carbocycles. The lowest BCUT2D eigenvalue weighted by Gasteiger charge is -2.13. The molecule has 0 atom stereocenters. The van der Waals surface area contributed by atoms with Crippen molar-refractivity contribution in [1.82, 2.24) is 4.98 Å². The highest BCUT2D eigenvalue weighted by atomic mass is 79.9. The van der Waals surface area contributed by atoms with E-state index in [-0.39, 0.29) is 11.0 Å². The van der Waals surface area contributed by atoms with Gasteiger partial charge < -0.3 is 15.0 Å². The van der Waals surface area contributed by atoms with Crippen molar-refractivity contribution in [2.75, 3.05) is 12.4 Å². The van der Waals surface area contributed by atoms with Crippen molar-refractivity contribution in [2.45, 2.75) is 13.8 Å². The summed E-state index contributed by atoms with van der Waals surface area (Å²) in [5, 5.41) is 2.73. The summed E-state index contributed by atoms with van der Waals surface area (Å²) in [5.74, 6) is 0.0544. The molecule has 0 bridgehead atoms. The van der Waals surface area contributed by atoms with Crippen LogP contribution in [0.4, 0.5) is 5.69 Å². The van der Waals surface area contributed by atoms with Gasteiger partial charge in [0.15, 0.2) is 5.43 Å². The molecule has 0 fully saturated rings. The Kier molecular flexibility index (Phi) is 4.47. The SMILES string of the molecule is COc1cc(Br)cc(C)c1NC(=O)c1c[nH]c(C)cc1=O. The first-order valence-electron chi connectivity index (χ1n) is 6.27. The molecule has 1 aromatic heterocycles. The van der Waals surface area contributed by atoms with Gasteiger partial charge in [-0.2, -0.15) is 0 Å². The lowest BCUT2D eigenvalue weighted by Crippen LogP contribution is -2.22. The topological polar surface area (TPSA) is 71.2 Å². The quantitative estimate of drug-likeness (QED) is 0.893. The third-order valence-electron chi connectivity index (χ3n) is 3.02. The van der Waals surface area contributed by atoms with Crippen LogP contribution in [0.1, 0.15) is 21.6 Å². The standard InChI is InChI=1S/C15H15BrN2O3/c1-8-4-10(16)6-13(21-3)14(8)18-15(20)11-7-17-9(2)5-12(11)19/h4-7H,1-3H3,(H,17,19)(H,18,20). The number of aromatic nitrogens is 1. The van der Waals surface area contributed by atoms with E-state index in [1.807, 2.05) is 13.0 Å². The van der Waals surface area contributed by atoms with Crippen LogP contribution >= 0.6 is 15.9 Å². The highest BCUT2D eigenvalue weighted by Crippen LogP contribution is 2.32. The molecule has 21 heavy (non-hydrogen) atoms. The molecular formula is C15H15BrN2O3. The van der Waals surface area contributed by atoms with Crippen molar-refractivity contribution >= 4 is 27.5 Å². The third kappa shape index (κ3) is 3.33. The number of nitrogens with one attached hydrogen (secondary N) is 2. The maximum Gasteiger partial charge on any atom is 0.261 e. The lowest BCUT2D eigenvalue weighted by atomic mass is 10.1. The van der Waals surface area contributed by atoms with Crippen molar-refractivity contribution < 1.29 is 9.53 Å². The molecule has 2 N–H and O–H groups in total. The zero-order chi connectivity index (χ0) is 15.6. The van der Waals surface area contributed by atoms with Crippen LogP contribution in [0.5, 0.6) is 5.75 Å². The Labute approximate surface area is 130 Å².